The minimum absolute atomic E-state index is 0.0697. The number of aryl methyl sites for hydroxylation is 1. The van der Waals surface area contributed by atoms with Crippen LogP contribution in [0.5, 0.6) is 5.75 Å². The summed E-state index contributed by atoms with van der Waals surface area (Å²) in [5, 5.41) is 18.0. The number of benzene rings is 1. The first-order valence-corrected chi connectivity index (χ1v) is 5.93. The Morgan fingerprint density at radius 3 is 2.63 bits per heavy atom. The van der Waals surface area contributed by atoms with Gasteiger partial charge in [0.15, 0.2) is 0 Å². The van der Waals surface area contributed by atoms with Crippen molar-refractivity contribution < 1.29 is 24.5 Å². The Morgan fingerprint density at radius 2 is 2.11 bits per heavy atom. The molecule has 0 spiro atoms. The quantitative estimate of drug-likeness (QED) is 0.866. The first-order valence-electron chi connectivity index (χ1n) is 5.93. The fourth-order valence-electron chi connectivity index (χ4n) is 2.21. The summed E-state index contributed by atoms with van der Waals surface area (Å²) in [6.07, 6.45) is -1.50. The molecule has 2 atom stereocenters. The number of amides is 1. The van der Waals surface area contributed by atoms with Crippen molar-refractivity contribution in [1.82, 2.24) is 4.90 Å². The number of hydrogen-bond donors (Lipinski definition) is 2. The van der Waals surface area contributed by atoms with Crippen LogP contribution in [0, 0.1) is 6.92 Å². The van der Waals surface area contributed by atoms with Gasteiger partial charge >= 0.3 is 12.1 Å². The van der Waals surface area contributed by atoms with E-state index >= 15 is 0 Å². The predicted octanol–water partition coefficient (Wildman–Crippen LogP) is 1.58. The van der Waals surface area contributed by atoms with Crippen LogP contribution in [0.2, 0.25) is 0 Å². The molecule has 19 heavy (non-hydrogen) atoms. The molecule has 0 aliphatic carbocycles. The van der Waals surface area contributed by atoms with E-state index in [0.29, 0.717) is 5.75 Å². The van der Waals surface area contributed by atoms with Gasteiger partial charge in [0.1, 0.15) is 17.9 Å². The number of rotatable bonds is 3. The summed E-state index contributed by atoms with van der Waals surface area (Å²) >= 11 is 0. The van der Waals surface area contributed by atoms with E-state index < -0.39 is 24.2 Å². The maximum absolute atomic E-state index is 11.0. The highest BCUT2D eigenvalue weighted by Crippen LogP contribution is 2.23. The summed E-state index contributed by atoms with van der Waals surface area (Å²) in [4.78, 5) is 22.9. The Morgan fingerprint density at radius 1 is 1.37 bits per heavy atom. The van der Waals surface area contributed by atoms with E-state index in [4.69, 9.17) is 14.9 Å². The molecule has 6 nitrogen and oxygen atoms in total. The molecule has 1 aliphatic rings. The Kier molecular flexibility index (Phi) is 3.59. The normalized spacial score (nSPS) is 22.3. The summed E-state index contributed by atoms with van der Waals surface area (Å²) in [5.74, 6) is -0.515. The molecule has 1 aromatic carbocycles. The third kappa shape index (κ3) is 2.96. The van der Waals surface area contributed by atoms with Crippen molar-refractivity contribution >= 4 is 12.1 Å². The lowest BCUT2D eigenvalue weighted by molar-refractivity contribution is -0.141. The predicted molar refractivity (Wildman–Crippen MR) is 66.4 cm³/mol. The van der Waals surface area contributed by atoms with Crippen LogP contribution in [0.15, 0.2) is 24.3 Å². The van der Waals surface area contributed by atoms with Crippen LogP contribution in [-0.4, -0.2) is 45.9 Å². The largest absolute Gasteiger partial charge is 0.488 e. The molecule has 0 bridgehead atoms. The van der Waals surface area contributed by atoms with Gasteiger partial charge in [-0.15, -0.1) is 0 Å². The van der Waals surface area contributed by atoms with Crippen LogP contribution in [-0.2, 0) is 4.79 Å². The number of carbonyl (C=O) groups is 2. The van der Waals surface area contributed by atoms with Crippen LogP contribution < -0.4 is 4.74 Å². The molecular formula is C13H15NO5. The monoisotopic (exact) mass is 265 g/mol. The van der Waals surface area contributed by atoms with E-state index in [2.05, 4.69) is 0 Å². The molecule has 0 aromatic heterocycles. The zero-order valence-corrected chi connectivity index (χ0v) is 10.4. The average molecular weight is 265 g/mol. The lowest BCUT2D eigenvalue weighted by Gasteiger charge is -2.16. The highest BCUT2D eigenvalue weighted by atomic mass is 16.5. The highest BCUT2D eigenvalue weighted by Gasteiger charge is 2.40. The second-order valence-electron chi connectivity index (χ2n) is 4.58. The molecule has 0 unspecified atom stereocenters. The summed E-state index contributed by atoms with van der Waals surface area (Å²) in [5.41, 5.74) is 1.03. The van der Waals surface area contributed by atoms with Gasteiger partial charge in [0.25, 0.3) is 0 Å². The van der Waals surface area contributed by atoms with Crippen molar-refractivity contribution in [2.45, 2.75) is 25.5 Å². The van der Waals surface area contributed by atoms with Crippen LogP contribution >= 0.6 is 0 Å². The van der Waals surface area contributed by atoms with Crippen LogP contribution in [0.3, 0.4) is 0 Å². The van der Waals surface area contributed by atoms with Gasteiger partial charge in [0.2, 0.25) is 0 Å². The van der Waals surface area contributed by atoms with Crippen LogP contribution in [0.4, 0.5) is 4.79 Å². The van der Waals surface area contributed by atoms with E-state index in [-0.39, 0.29) is 13.0 Å². The third-order valence-corrected chi connectivity index (χ3v) is 3.09. The molecule has 1 aliphatic heterocycles. The van der Waals surface area contributed by atoms with Crippen molar-refractivity contribution in [3.63, 3.8) is 0 Å². The maximum atomic E-state index is 11.0. The Bertz CT molecular complexity index is 480. The molecule has 2 N–H and O–H groups in total. The minimum Gasteiger partial charge on any atom is -0.488 e. The number of nitrogens with zero attached hydrogens (tertiary/aromatic N) is 1. The van der Waals surface area contributed by atoms with E-state index in [0.717, 1.165) is 10.5 Å². The maximum Gasteiger partial charge on any atom is 0.408 e. The number of aliphatic carboxylic acids is 1. The van der Waals surface area contributed by atoms with Crippen molar-refractivity contribution in [3.05, 3.63) is 29.8 Å². The van der Waals surface area contributed by atoms with Gasteiger partial charge < -0.3 is 14.9 Å². The van der Waals surface area contributed by atoms with E-state index in [9.17, 15) is 9.59 Å². The smallest absolute Gasteiger partial charge is 0.408 e. The van der Waals surface area contributed by atoms with Crippen molar-refractivity contribution in [1.29, 1.82) is 0 Å². The van der Waals surface area contributed by atoms with Gasteiger partial charge in [-0.3, -0.25) is 4.90 Å². The van der Waals surface area contributed by atoms with Gasteiger partial charge in [-0.1, -0.05) is 12.1 Å². The van der Waals surface area contributed by atoms with Gasteiger partial charge in [-0.2, -0.15) is 0 Å². The summed E-state index contributed by atoms with van der Waals surface area (Å²) < 4.78 is 5.65. The van der Waals surface area contributed by atoms with Gasteiger partial charge in [0.05, 0.1) is 6.54 Å². The highest BCUT2D eigenvalue weighted by molar-refractivity contribution is 5.80. The zero-order valence-electron chi connectivity index (χ0n) is 10.4. The Balaban J connectivity index is 2.07. The molecule has 0 radical (unpaired) electrons. The zero-order chi connectivity index (χ0) is 14.0. The van der Waals surface area contributed by atoms with Gasteiger partial charge in [-0.25, -0.2) is 9.59 Å². The molecule has 1 aromatic rings. The molecule has 1 amide bonds. The fraction of sp³-hybridized carbons (Fsp3) is 0.385. The number of likely N-dealkylation sites (tertiary alicyclic amines) is 1. The molecule has 102 valence electrons. The molecule has 2 rings (SSSR count). The first-order chi connectivity index (χ1) is 8.97. The van der Waals surface area contributed by atoms with Gasteiger partial charge in [0, 0.05) is 6.42 Å². The van der Waals surface area contributed by atoms with Crippen LogP contribution in [0.25, 0.3) is 0 Å². The number of carboxylic acids is 1. The fourth-order valence-corrected chi connectivity index (χ4v) is 2.21. The van der Waals surface area contributed by atoms with E-state index in [1.807, 2.05) is 25.1 Å². The van der Waals surface area contributed by atoms with E-state index in [1.54, 1.807) is 6.07 Å². The lowest BCUT2D eigenvalue weighted by Crippen LogP contribution is -2.39. The van der Waals surface area contributed by atoms with Crippen molar-refractivity contribution in [2.24, 2.45) is 0 Å². The second kappa shape index (κ2) is 5.17. The summed E-state index contributed by atoms with van der Waals surface area (Å²) in [7, 11) is 0. The number of ether oxygens (including phenoxy) is 1. The number of carboxylic acid groups (broad SMARTS) is 2. The third-order valence-electron chi connectivity index (χ3n) is 3.09. The van der Waals surface area contributed by atoms with Crippen molar-refractivity contribution in [3.8, 4) is 5.75 Å². The molecule has 1 heterocycles. The molecule has 1 fully saturated rings. The minimum atomic E-state index is -1.23. The van der Waals surface area contributed by atoms with Crippen LogP contribution in [0.1, 0.15) is 12.0 Å². The molecule has 0 saturated carbocycles. The first kappa shape index (κ1) is 13.2. The number of hydrogen-bond acceptors (Lipinski definition) is 3. The summed E-state index contributed by atoms with van der Waals surface area (Å²) in [6.45, 7) is 1.99. The Hall–Kier alpha value is -2.24. The van der Waals surface area contributed by atoms with Crippen molar-refractivity contribution in [2.75, 3.05) is 6.54 Å². The second-order valence-corrected chi connectivity index (χ2v) is 4.58. The molecule has 1 saturated heterocycles. The summed E-state index contributed by atoms with van der Waals surface area (Å²) in [6, 6.07) is 6.33. The topological polar surface area (TPSA) is 87.1 Å². The standard InChI is InChI=1S/C13H15NO5/c1-8-3-2-4-9(5-8)19-10-6-11(12(15)16)14(7-10)13(17)18/h2-5,10-11H,6-7H2,1H3,(H,15,16)(H,17,18)/t10-,11+/m1/s1. The van der Waals surface area contributed by atoms with E-state index in [1.165, 1.54) is 0 Å². The average Bonchev–Trinajstić information content (AvgIpc) is 2.73. The molecular weight excluding hydrogens is 250 g/mol. The molecule has 6 heteroatoms. The Labute approximate surface area is 110 Å². The van der Waals surface area contributed by atoms with Gasteiger partial charge in [-0.05, 0) is 24.6 Å². The lowest BCUT2D eigenvalue weighted by atomic mass is 10.2. The SMILES string of the molecule is Cc1cccc(O[C@@H]2C[C@@H](C(=O)O)N(C(=O)O)C2)c1.